The molecule has 0 spiro atoms. The molecule has 0 N–H and O–H groups in total. The predicted octanol–water partition coefficient (Wildman–Crippen LogP) is 0.858. The van der Waals surface area contributed by atoms with E-state index in [0.29, 0.717) is 0 Å². The molecule has 0 bridgehead atoms. The van der Waals surface area contributed by atoms with Crippen LogP contribution in [0.2, 0.25) is 0 Å². The third kappa shape index (κ3) is 4.29. The van der Waals surface area contributed by atoms with Gasteiger partial charge in [-0.05, 0) is 5.56 Å². The van der Waals surface area contributed by atoms with E-state index >= 15 is 0 Å². The Morgan fingerprint density at radius 3 is 2.35 bits per heavy atom. The lowest BCUT2D eigenvalue weighted by atomic mass is 10.2. The average molecular weight is 300 g/mol. The number of hydrogen-bond donors (Lipinski definition) is 0. The Kier molecular flexibility index (Phi) is 6.12. The van der Waals surface area contributed by atoms with Gasteiger partial charge in [0.1, 0.15) is 6.54 Å². The van der Waals surface area contributed by atoms with E-state index in [1.54, 1.807) is 6.92 Å². The Labute approximate surface area is 120 Å². The molecule has 0 saturated carbocycles. The van der Waals surface area contributed by atoms with Crippen LogP contribution in [0.25, 0.3) is 0 Å². The van der Waals surface area contributed by atoms with Crippen LogP contribution in [0.15, 0.2) is 30.3 Å². The molecule has 7 heteroatoms. The van der Waals surface area contributed by atoms with Gasteiger partial charge in [0.2, 0.25) is 0 Å². The number of rotatable bonds is 7. The van der Waals surface area contributed by atoms with Crippen LogP contribution >= 0.6 is 0 Å². The maximum Gasteiger partial charge on any atom is 0.321 e. The maximum absolute atomic E-state index is 12.4. The molecule has 0 amide bonds. The fourth-order valence-electron chi connectivity index (χ4n) is 1.68. The van der Waals surface area contributed by atoms with Gasteiger partial charge in [0.05, 0.1) is 7.11 Å². The summed E-state index contributed by atoms with van der Waals surface area (Å²) in [6.07, 6.45) is 0. The molecule has 0 unspecified atom stereocenters. The topological polar surface area (TPSA) is 66.9 Å². The van der Waals surface area contributed by atoms with Crippen LogP contribution in [0.4, 0.5) is 0 Å². The Morgan fingerprint density at radius 2 is 1.85 bits per heavy atom. The van der Waals surface area contributed by atoms with Crippen molar-refractivity contribution < 1.29 is 17.9 Å². The van der Waals surface area contributed by atoms with Crippen molar-refractivity contribution in [1.82, 2.24) is 8.61 Å². The minimum Gasteiger partial charge on any atom is -0.468 e. The molecule has 6 nitrogen and oxygen atoms in total. The third-order valence-electron chi connectivity index (χ3n) is 2.85. The summed E-state index contributed by atoms with van der Waals surface area (Å²) in [7, 11) is -0.968. The summed E-state index contributed by atoms with van der Waals surface area (Å²) in [5.74, 6) is -0.580. The summed E-state index contributed by atoms with van der Waals surface area (Å²) in [6, 6.07) is 9.27. The second kappa shape index (κ2) is 7.37. The van der Waals surface area contributed by atoms with E-state index in [9.17, 15) is 13.2 Å². The minimum absolute atomic E-state index is 0.205. The number of carbonyl (C=O) groups is 1. The van der Waals surface area contributed by atoms with E-state index in [1.165, 1.54) is 18.5 Å². The van der Waals surface area contributed by atoms with E-state index in [-0.39, 0.29) is 19.6 Å². The lowest BCUT2D eigenvalue weighted by Crippen LogP contribution is -2.44. The molecule has 0 atom stereocenters. The van der Waals surface area contributed by atoms with Crippen LogP contribution in [-0.4, -0.2) is 50.2 Å². The largest absolute Gasteiger partial charge is 0.468 e. The molecule has 1 aromatic rings. The number of esters is 1. The smallest absolute Gasteiger partial charge is 0.321 e. The molecule has 1 aromatic carbocycles. The Morgan fingerprint density at radius 1 is 1.25 bits per heavy atom. The SMILES string of the molecule is CCN(CC(=O)OC)S(=O)(=O)N(C)Cc1ccccc1. The van der Waals surface area contributed by atoms with Crippen molar-refractivity contribution in [2.75, 3.05) is 27.2 Å². The zero-order valence-corrected chi connectivity index (χ0v) is 12.8. The zero-order chi connectivity index (χ0) is 15.2. The average Bonchev–Trinajstić information content (AvgIpc) is 2.45. The third-order valence-corrected chi connectivity index (χ3v) is 4.81. The second-order valence-electron chi connectivity index (χ2n) is 4.25. The van der Waals surface area contributed by atoms with Crippen molar-refractivity contribution >= 4 is 16.2 Å². The van der Waals surface area contributed by atoms with Crippen LogP contribution < -0.4 is 0 Å². The highest BCUT2D eigenvalue weighted by Gasteiger charge is 2.27. The molecule has 0 aliphatic carbocycles. The molecule has 0 saturated heterocycles. The predicted molar refractivity (Wildman–Crippen MR) is 76.1 cm³/mol. The summed E-state index contributed by atoms with van der Waals surface area (Å²) in [5, 5.41) is 0. The molecular formula is C13H20N2O4S. The molecule has 20 heavy (non-hydrogen) atoms. The van der Waals surface area contributed by atoms with Crippen molar-refractivity contribution in [3.8, 4) is 0 Å². The lowest BCUT2D eigenvalue weighted by Gasteiger charge is -2.25. The maximum atomic E-state index is 12.4. The van der Waals surface area contributed by atoms with Crippen molar-refractivity contribution in [2.45, 2.75) is 13.5 Å². The first kappa shape index (κ1) is 16.6. The number of benzene rings is 1. The van der Waals surface area contributed by atoms with Gasteiger partial charge in [-0.1, -0.05) is 37.3 Å². The van der Waals surface area contributed by atoms with Gasteiger partial charge >= 0.3 is 5.97 Å². The first-order valence-corrected chi connectivity index (χ1v) is 7.63. The van der Waals surface area contributed by atoms with Gasteiger partial charge in [0, 0.05) is 20.1 Å². The molecule has 0 aliphatic heterocycles. The number of ether oxygens (including phenoxy) is 1. The molecule has 0 aliphatic rings. The van der Waals surface area contributed by atoms with Crippen LogP contribution in [0, 0.1) is 0 Å². The first-order chi connectivity index (χ1) is 9.41. The highest BCUT2D eigenvalue weighted by atomic mass is 32.2. The standard InChI is InChI=1S/C13H20N2O4S/c1-4-15(11-13(16)19-3)20(17,18)14(2)10-12-8-6-5-7-9-12/h5-9H,4,10-11H2,1-3H3. The molecule has 112 valence electrons. The van der Waals surface area contributed by atoms with Crippen molar-refractivity contribution in [3.05, 3.63) is 35.9 Å². The molecule has 1 rings (SSSR count). The monoisotopic (exact) mass is 300 g/mol. The van der Waals surface area contributed by atoms with Crippen molar-refractivity contribution in [1.29, 1.82) is 0 Å². The van der Waals surface area contributed by atoms with Crippen LogP contribution in [0.1, 0.15) is 12.5 Å². The van der Waals surface area contributed by atoms with Gasteiger partial charge in [0.15, 0.2) is 0 Å². The minimum atomic E-state index is -3.69. The summed E-state index contributed by atoms with van der Waals surface area (Å²) in [5.41, 5.74) is 0.882. The lowest BCUT2D eigenvalue weighted by molar-refractivity contribution is -0.140. The number of methoxy groups -OCH3 is 1. The van der Waals surface area contributed by atoms with E-state index in [2.05, 4.69) is 4.74 Å². The molecule has 0 heterocycles. The molecule has 0 fully saturated rings. The number of carbonyl (C=O) groups excluding carboxylic acids is 1. The van der Waals surface area contributed by atoms with E-state index in [4.69, 9.17) is 0 Å². The van der Waals surface area contributed by atoms with Crippen LogP contribution in [0.3, 0.4) is 0 Å². The normalized spacial score (nSPS) is 11.8. The Bertz CT molecular complexity index is 531. The summed E-state index contributed by atoms with van der Waals surface area (Å²) >= 11 is 0. The fourth-order valence-corrected chi connectivity index (χ4v) is 2.99. The van der Waals surface area contributed by atoms with Gasteiger partial charge in [0.25, 0.3) is 10.2 Å². The van der Waals surface area contributed by atoms with Gasteiger partial charge in [-0.3, -0.25) is 4.79 Å². The van der Waals surface area contributed by atoms with Gasteiger partial charge < -0.3 is 4.74 Å². The van der Waals surface area contributed by atoms with Crippen LogP contribution in [0.5, 0.6) is 0 Å². The van der Waals surface area contributed by atoms with Crippen molar-refractivity contribution in [3.63, 3.8) is 0 Å². The molecule has 0 aromatic heterocycles. The Hall–Kier alpha value is -1.44. The second-order valence-corrected chi connectivity index (χ2v) is 6.29. The van der Waals surface area contributed by atoms with E-state index in [0.717, 1.165) is 9.87 Å². The number of hydrogen-bond acceptors (Lipinski definition) is 4. The number of likely N-dealkylation sites (N-methyl/N-ethyl adjacent to an activating group) is 1. The first-order valence-electron chi connectivity index (χ1n) is 6.24. The Balaban J connectivity index is 2.82. The zero-order valence-electron chi connectivity index (χ0n) is 11.9. The summed E-state index contributed by atoms with van der Waals surface area (Å²) in [6.45, 7) is 1.85. The highest BCUT2D eigenvalue weighted by molar-refractivity contribution is 7.86. The van der Waals surface area contributed by atoms with Gasteiger partial charge in [-0.2, -0.15) is 17.0 Å². The van der Waals surface area contributed by atoms with Crippen molar-refractivity contribution in [2.24, 2.45) is 0 Å². The van der Waals surface area contributed by atoms with E-state index in [1.807, 2.05) is 30.3 Å². The van der Waals surface area contributed by atoms with Gasteiger partial charge in [-0.15, -0.1) is 0 Å². The summed E-state index contributed by atoms with van der Waals surface area (Å²) in [4.78, 5) is 11.3. The molecule has 0 radical (unpaired) electrons. The fraction of sp³-hybridized carbons (Fsp3) is 0.462. The van der Waals surface area contributed by atoms with Gasteiger partial charge in [-0.25, -0.2) is 0 Å². The van der Waals surface area contributed by atoms with Crippen LogP contribution in [-0.2, 0) is 26.3 Å². The number of nitrogens with zero attached hydrogens (tertiary/aromatic N) is 2. The molecular weight excluding hydrogens is 280 g/mol. The van der Waals surface area contributed by atoms with E-state index < -0.39 is 16.2 Å². The summed E-state index contributed by atoms with van der Waals surface area (Å²) < 4.78 is 31.5. The highest BCUT2D eigenvalue weighted by Crippen LogP contribution is 2.11. The quantitative estimate of drug-likeness (QED) is 0.700.